The van der Waals surface area contributed by atoms with Crippen LogP contribution in [0.1, 0.15) is 39.5 Å². The van der Waals surface area contributed by atoms with E-state index in [-0.39, 0.29) is 36.1 Å². The number of nitrogens with zero attached hydrogens (tertiary/aromatic N) is 3. The number of carbonyl (C=O) groups excluding carboxylic acids is 3. The van der Waals surface area contributed by atoms with Gasteiger partial charge >= 0.3 is 0 Å². The lowest BCUT2D eigenvalue weighted by Gasteiger charge is -2.39. The molecule has 2 bridgehead atoms. The highest BCUT2D eigenvalue weighted by molar-refractivity contribution is 8.02. The van der Waals surface area contributed by atoms with Gasteiger partial charge in [-0.15, -0.1) is 24.9 Å². The molecular weight excluding hydrogens is 534 g/mol. The fraction of sp³-hybridized carbons (Fsp3) is 0.485. The maximum Gasteiger partial charge on any atom is 0.251 e. The van der Waals surface area contributed by atoms with Crippen LogP contribution in [0.3, 0.4) is 0 Å². The number of aliphatic hydroxyl groups excluding tert-OH is 1. The Morgan fingerprint density at radius 1 is 1.12 bits per heavy atom. The number of hydrogen-bond acceptors (Lipinski definition) is 5. The number of aliphatic hydroxyl groups is 1. The van der Waals surface area contributed by atoms with Crippen molar-refractivity contribution in [1.29, 1.82) is 0 Å². The Morgan fingerprint density at radius 2 is 1.85 bits per heavy atom. The van der Waals surface area contributed by atoms with Gasteiger partial charge in [-0.2, -0.15) is 0 Å². The topological polar surface area (TPSA) is 81.2 Å². The molecule has 8 heteroatoms. The zero-order chi connectivity index (χ0) is 29.3. The van der Waals surface area contributed by atoms with E-state index in [1.54, 1.807) is 33.7 Å². The minimum absolute atomic E-state index is 0.0132. The summed E-state index contributed by atoms with van der Waals surface area (Å²) < 4.78 is -0.718. The third kappa shape index (κ3) is 4.79. The first-order valence-corrected chi connectivity index (χ1v) is 15.7. The Labute approximate surface area is 247 Å². The molecule has 3 amide bonds. The van der Waals surface area contributed by atoms with Crippen molar-refractivity contribution in [2.75, 3.05) is 31.1 Å². The molecule has 2 aromatic rings. The van der Waals surface area contributed by atoms with Crippen LogP contribution in [-0.4, -0.2) is 80.9 Å². The van der Waals surface area contributed by atoms with Crippen LogP contribution >= 0.6 is 11.8 Å². The van der Waals surface area contributed by atoms with E-state index in [0.29, 0.717) is 25.9 Å². The number of rotatable bonds is 12. The molecule has 218 valence electrons. The maximum absolute atomic E-state index is 14.8. The smallest absolute Gasteiger partial charge is 0.251 e. The predicted octanol–water partition coefficient (Wildman–Crippen LogP) is 4.65. The van der Waals surface area contributed by atoms with Crippen molar-refractivity contribution in [1.82, 2.24) is 9.80 Å². The number of hydrogen-bond donors (Lipinski definition) is 1. The minimum atomic E-state index is -0.782. The molecule has 2 unspecified atom stereocenters. The van der Waals surface area contributed by atoms with Gasteiger partial charge in [0.25, 0.3) is 5.91 Å². The van der Waals surface area contributed by atoms with E-state index in [0.717, 1.165) is 29.3 Å². The van der Waals surface area contributed by atoms with Crippen molar-refractivity contribution in [3.8, 4) is 0 Å². The summed E-state index contributed by atoms with van der Waals surface area (Å²) in [6.07, 6.45) is 6.23. The minimum Gasteiger partial charge on any atom is -0.394 e. The largest absolute Gasteiger partial charge is 0.394 e. The van der Waals surface area contributed by atoms with Crippen LogP contribution in [0.5, 0.6) is 0 Å². The van der Waals surface area contributed by atoms with Gasteiger partial charge in [-0.1, -0.05) is 56.3 Å². The van der Waals surface area contributed by atoms with E-state index in [1.807, 2.05) is 61.2 Å². The van der Waals surface area contributed by atoms with E-state index >= 15 is 0 Å². The standard InChI is InChI=1S/C33H41N3O4S/c1-5-17-34(18-6-2)30(38)27-26-15-16-33(41-26)28(27)31(39)36(24(8-4)21-37)29(33)32(40)35(19-7-3)25-14-13-22-11-9-10-12-23(22)20-25/h5,7,9-14,20,24,26-29,37H,1,3,6,8,15-19,21H2,2,4H3/t24-,26-,27+,28-,29?,33?/m0/s1. The molecule has 1 N–H and O–H groups in total. The number of anilines is 1. The van der Waals surface area contributed by atoms with Crippen molar-refractivity contribution in [3.05, 3.63) is 67.8 Å². The zero-order valence-electron chi connectivity index (χ0n) is 24.1. The fourth-order valence-electron chi connectivity index (χ4n) is 7.33. The molecule has 5 rings (SSSR count). The summed E-state index contributed by atoms with van der Waals surface area (Å²) in [6, 6.07) is 12.7. The predicted molar refractivity (Wildman–Crippen MR) is 166 cm³/mol. The normalized spacial score (nSPS) is 27.1. The van der Waals surface area contributed by atoms with Crippen LogP contribution in [-0.2, 0) is 14.4 Å². The molecule has 0 aliphatic carbocycles. The molecule has 41 heavy (non-hydrogen) atoms. The molecule has 3 heterocycles. The summed E-state index contributed by atoms with van der Waals surface area (Å²) >= 11 is 1.66. The Kier molecular flexibility index (Phi) is 8.62. The van der Waals surface area contributed by atoms with Crippen molar-refractivity contribution < 1.29 is 19.5 Å². The Balaban J connectivity index is 1.59. The first-order chi connectivity index (χ1) is 19.9. The molecule has 3 fully saturated rings. The molecule has 3 aliphatic rings. The molecule has 0 radical (unpaired) electrons. The lowest BCUT2D eigenvalue weighted by Crippen LogP contribution is -2.57. The maximum atomic E-state index is 14.8. The lowest BCUT2D eigenvalue weighted by molar-refractivity contribution is -0.145. The molecular formula is C33H41N3O4S. The van der Waals surface area contributed by atoms with Gasteiger partial charge < -0.3 is 19.8 Å². The van der Waals surface area contributed by atoms with Crippen molar-refractivity contribution in [3.63, 3.8) is 0 Å². The monoisotopic (exact) mass is 575 g/mol. The van der Waals surface area contributed by atoms with E-state index in [1.165, 1.54) is 0 Å². The average Bonchev–Trinajstić information content (AvgIpc) is 3.63. The summed E-state index contributed by atoms with van der Waals surface area (Å²) in [4.78, 5) is 48.4. The van der Waals surface area contributed by atoms with Gasteiger partial charge in [-0.25, -0.2) is 0 Å². The third-order valence-electron chi connectivity index (χ3n) is 9.11. The number of benzene rings is 2. The first kappa shape index (κ1) is 29.4. The number of likely N-dealkylation sites (tertiary alicyclic amines) is 1. The Bertz CT molecular complexity index is 1340. The highest BCUT2D eigenvalue weighted by atomic mass is 32.2. The van der Waals surface area contributed by atoms with Crippen LogP contribution < -0.4 is 4.90 Å². The van der Waals surface area contributed by atoms with Gasteiger partial charge in [0.1, 0.15) is 6.04 Å². The highest BCUT2D eigenvalue weighted by Gasteiger charge is 2.74. The van der Waals surface area contributed by atoms with E-state index in [9.17, 15) is 19.5 Å². The van der Waals surface area contributed by atoms with Crippen LogP contribution in [0.25, 0.3) is 10.8 Å². The summed E-state index contributed by atoms with van der Waals surface area (Å²) in [6.45, 7) is 12.8. The number of carbonyl (C=O) groups is 3. The van der Waals surface area contributed by atoms with Gasteiger partial charge in [-0.05, 0) is 48.6 Å². The Morgan fingerprint density at radius 3 is 2.51 bits per heavy atom. The van der Waals surface area contributed by atoms with E-state index < -0.39 is 28.7 Å². The highest BCUT2D eigenvalue weighted by Crippen LogP contribution is 2.67. The quantitative estimate of drug-likeness (QED) is 0.373. The van der Waals surface area contributed by atoms with Gasteiger partial charge in [-0.3, -0.25) is 14.4 Å². The second-order valence-electron chi connectivity index (χ2n) is 11.4. The summed E-state index contributed by atoms with van der Waals surface area (Å²) in [7, 11) is 0. The van der Waals surface area contributed by atoms with Gasteiger partial charge in [0, 0.05) is 30.6 Å². The Hall–Kier alpha value is -3.10. The van der Waals surface area contributed by atoms with Crippen LogP contribution in [0.2, 0.25) is 0 Å². The number of thioether (sulfide) groups is 1. The molecule has 3 aliphatic heterocycles. The van der Waals surface area contributed by atoms with Crippen molar-refractivity contribution >= 4 is 45.9 Å². The SMILES string of the molecule is C=CCN(CCC)C(=O)[C@@H]1[C@@H]2CCC3(S2)C(C(=O)N(CC=C)c2ccc4ccccc4c2)N([C@@H](CC)CO)C(=O)[C@H]13. The van der Waals surface area contributed by atoms with Gasteiger partial charge in [0.05, 0.1) is 29.2 Å². The third-order valence-corrected chi connectivity index (χ3v) is 11.1. The van der Waals surface area contributed by atoms with Gasteiger partial charge in [0.2, 0.25) is 11.8 Å². The summed E-state index contributed by atoms with van der Waals surface area (Å²) in [5, 5.41) is 12.5. The molecule has 0 saturated carbocycles. The molecule has 6 atom stereocenters. The molecule has 7 nitrogen and oxygen atoms in total. The van der Waals surface area contributed by atoms with Crippen LogP contribution in [0.4, 0.5) is 5.69 Å². The number of amides is 3. The average molecular weight is 576 g/mol. The van der Waals surface area contributed by atoms with Crippen molar-refractivity contribution in [2.45, 2.75) is 61.6 Å². The number of fused-ring (bicyclic) bond motifs is 2. The fourth-order valence-corrected chi connectivity index (χ4v) is 9.52. The van der Waals surface area contributed by atoms with E-state index in [2.05, 4.69) is 13.2 Å². The van der Waals surface area contributed by atoms with Crippen molar-refractivity contribution in [2.24, 2.45) is 11.8 Å². The van der Waals surface area contributed by atoms with E-state index in [4.69, 9.17) is 0 Å². The molecule has 0 aromatic heterocycles. The van der Waals surface area contributed by atoms with Crippen LogP contribution in [0, 0.1) is 11.8 Å². The second kappa shape index (κ2) is 12.0. The molecule has 3 saturated heterocycles. The molecule has 1 spiro atoms. The lowest BCUT2D eigenvalue weighted by atomic mass is 9.70. The zero-order valence-corrected chi connectivity index (χ0v) is 24.9. The molecule has 2 aromatic carbocycles. The first-order valence-electron chi connectivity index (χ1n) is 14.8. The second-order valence-corrected chi connectivity index (χ2v) is 13.0. The summed E-state index contributed by atoms with van der Waals surface area (Å²) in [5.41, 5.74) is 0.739. The van der Waals surface area contributed by atoms with Gasteiger partial charge in [0.15, 0.2) is 0 Å². The van der Waals surface area contributed by atoms with Crippen LogP contribution in [0.15, 0.2) is 67.8 Å². The summed E-state index contributed by atoms with van der Waals surface area (Å²) in [5.74, 6) is -1.46.